The molecule has 0 amide bonds. The molecule has 0 N–H and O–H groups in total. The second kappa shape index (κ2) is 3.29. The molecule has 0 heterocycles. The Hall–Kier alpha value is -1.18. The fraction of sp³-hybridized carbons (Fsp3) is 0.111. The van der Waals surface area contributed by atoms with Gasteiger partial charge in [-0.3, -0.25) is 0 Å². The van der Waals surface area contributed by atoms with Gasteiger partial charge in [-0.05, 0) is 17.7 Å². The minimum absolute atomic E-state index is 0.723. The van der Waals surface area contributed by atoms with Gasteiger partial charge in [-0.25, -0.2) is 0 Å². The van der Waals surface area contributed by atoms with Crippen LogP contribution in [-0.2, 0) is 0 Å². The van der Waals surface area contributed by atoms with Gasteiger partial charge in [0.05, 0.1) is 7.11 Å². The predicted octanol–water partition coefficient (Wildman–Crippen LogP) is 1.13. The molecule has 2 heteroatoms. The molecule has 54 valence electrons. The predicted molar refractivity (Wildman–Crippen MR) is 48.5 cm³/mol. The molecule has 2 radical (unpaired) electrons. The summed E-state index contributed by atoms with van der Waals surface area (Å²) in [5.74, 6) is 0.800. The van der Waals surface area contributed by atoms with Crippen molar-refractivity contribution in [2.75, 3.05) is 7.11 Å². The van der Waals surface area contributed by atoms with E-state index in [9.17, 15) is 0 Å². The van der Waals surface area contributed by atoms with E-state index in [1.165, 1.54) is 0 Å². The van der Waals surface area contributed by atoms with E-state index in [0.29, 0.717) is 0 Å². The molecule has 0 aliphatic carbocycles. The van der Waals surface area contributed by atoms with Crippen LogP contribution in [0, 0.1) is 0 Å². The van der Waals surface area contributed by atoms with Crippen LogP contribution in [0.3, 0.4) is 0 Å². The van der Waals surface area contributed by atoms with Crippen LogP contribution in [0.5, 0.6) is 5.75 Å². The number of ether oxygens (including phenoxy) is 1. The summed E-state index contributed by atoms with van der Waals surface area (Å²) in [5.41, 5.74) is 1.63. The summed E-state index contributed by atoms with van der Waals surface area (Å²) in [5, 5.41) is 0. The van der Waals surface area contributed by atoms with Gasteiger partial charge in [-0.2, -0.15) is 0 Å². The molecular weight excluding hydrogens is 135 g/mol. The lowest BCUT2D eigenvalue weighted by Gasteiger charge is -2.03. The third kappa shape index (κ3) is 1.64. The Morgan fingerprint density at radius 1 is 1.55 bits per heavy atom. The number of hydrogen-bond acceptors (Lipinski definition) is 1. The van der Waals surface area contributed by atoms with Gasteiger partial charge in [-0.15, -0.1) is 0 Å². The van der Waals surface area contributed by atoms with Crippen LogP contribution < -0.4 is 10.2 Å². The summed E-state index contributed by atoms with van der Waals surface area (Å²) in [6.45, 7) is 3.63. The van der Waals surface area contributed by atoms with E-state index < -0.39 is 0 Å². The van der Waals surface area contributed by atoms with Gasteiger partial charge >= 0.3 is 0 Å². The Bertz CT molecular complexity index is 268. The van der Waals surface area contributed by atoms with Crippen molar-refractivity contribution in [2.45, 2.75) is 0 Å². The second-order valence-electron chi connectivity index (χ2n) is 2.20. The van der Waals surface area contributed by atoms with Crippen LogP contribution in [0.2, 0.25) is 0 Å². The molecule has 0 aliphatic heterocycles. The van der Waals surface area contributed by atoms with Crippen molar-refractivity contribution in [3.8, 4) is 5.75 Å². The first-order valence-electron chi connectivity index (χ1n) is 3.34. The van der Waals surface area contributed by atoms with E-state index >= 15 is 0 Å². The van der Waals surface area contributed by atoms with Crippen LogP contribution in [0.1, 0.15) is 5.56 Å². The van der Waals surface area contributed by atoms with Gasteiger partial charge in [-0.1, -0.05) is 24.2 Å². The standard InChI is InChI=1S/C9H9BO/c1-3-7-6-8(11-2)4-5-9(7)10/h3-6H,1H2,2H3. The fourth-order valence-corrected chi connectivity index (χ4v) is 0.857. The molecule has 0 aromatic heterocycles. The molecule has 0 bridgehead atoms. The zero-order valence-corrected chi connectivity index (χ0v) is 6.50. The quantitative estimate of drug-likeness (QED) is 0.565. The molecule has 1 aromatic carbocycles. The average Bonchev–Trinajstić information content (AvgIpc) is 2.05. The van der Waals surface area contributed by atoms with E-state index in [1.54, 1.807) is 19.3 Å². The maximum Gasteiger partial charge on any atom is 0.119 e. The molecule has 11 heavy (non-hydrogen) atoms. The average molecular weight is 144 g/mol. The number of rotatable bonds is 2. The molecular formula is C9H9BO. The molecule has 0 fully saturated rings. The smallest absolute Gasteiger partial charge is 0.119 e. The van der Waals surface area contributed by atoms with Gasteiger partial charge < -0.3 is 4.74 Å². The molecule has 1 nitrogen and oxygen atoms in total. The Morgan fingerprint density at radius 3 is 2.82 bits per heavy atom. The molecule has 1 rings (SSSR count). The largest absolute Gasteiger partial charge is 0.497 e. The van der Waals surface area contributed by atoms with Crippen molar-refractivity contribution >= 4 is 19.4 Å². The highest BCUT2D eigenvalue weighted by Gasteiger charge is 1.94. The zero-order valence-electron chi connectivity index (χ0n) is 6.50. The Kier molecular flexibility index (Phi) is 2.37. The van der Waals surface area contributed by atoms with Gasteiger partial charge in [0.1, 0.15) is 13.6 Å². The molecule has 0 atom stereocenters. The summed E-state index contributed by atoms with van der Waals surface area (Å²) in [7, 11) is 7.25. The topological polar surface area (TPSA) is 9.23 Å². The van der Waals surface area contributed by atoms with Crippen LogP contribution in [0.15, 0.2) is 24.8 Å². The highest BCUT2D eigenvalue weighted by atomic mass is 16.5. The van der Waals surface area contributed by atoms with Gasteiger partial charge in [0.15, 0.2) is 0 Å². The first-order valence-corrected chi connectivity index (χ1v) is 3.34. The highest BCUT2D eigenvalue weighted by Crippen LogP contribution is 2.10. The lowest BCUT2D eigenvalue weighted by Crippen LogP contribution is -2.05. The van der Waals surface area contributed by atoms with Crippen molar-refractivity contribution in [1.82, 2.24) is 0 Å². The normalized spacial score (nSPS) is 9.18. The third-order valence-corrected chi connectivity index (χ3v) is 1.51. The maximum absolute atomic E-state index is 5.63. The minimum Gasteiger partial charge on any atom is -0.497 e. The molecule has 0 saturated carbocycles. The molecule has 1 aromatic rings. The van der Waals surface area contributed by atoms with Crippen molar-refractivity contribution < 1.29 is 4.74 Å². The van der Waals surface area contributed by atoms with E-state index in [4.69, 9.17) is 12.6 Å². The van der Waals surface area contributed by atoms with E-state index in [-0.39, 0.29) is 0 Å². The van der Waals surface area contributed by atoms with Crippen LogP contribution >= 0.6 is 0 Å². The summed E-state index contributed by atoms with van der Waals surface area (Å²) < 4.78 is 5.01. The fourth-order valence-electron chi connectivity index (χ4n) is 0.857. The van der Waals surface area contributed by atoms with Crippen LogP contribution in [0.4, 0.5) is 0 Å². The maximum atomic E-state index is 5.63. The summed E-state index contributed by atoms with van der Waals surface area (Å²) >= 11 is 0. The molecule has 0 spiro atoms. The minimum atomic E-state index is 0.723. The summed E-state index contributed by atoms with van der Waals surface area (Å²) in [6.07, 6.45) is 1.71. The van der Waals surface area contributed by atoms with E-state index in [1.807, 2.05) is 12.1 Å². The van der Waals surface area contributed by atoms with Gasteiger partial charge in [0, 0.05) is 0 Å². The number of benzene rings is 1. The lowest BCUT2D eigenvalue weighted by atomic mass is 9.90. The number of hydrogen-bond donors (Lipinski definition) is 0. The Morgan fingerprint density at radius 2 is 2.27 bits per heavy atom. The Balaban J connectivity index is 3.12. The Labute approximate surface area is 68.1 Å². The van der Waals surface area contributed by atoms with Crippen LogP contribution in [-0.4, -0.2) is 15.0 Å². The van der Waals surface area contributed by atoms with Crippen molar-refractivity contribution in [3.63, 3.8) is 0 Å². The van der Waals surface area contributed by atoms with E-state index in [2.05, 4.69) is 6.58 Å². The second-order valence-corrected chi connectivity index (χ2v) is 2.20. The van der Waals surface area contributed by atoms with Crippen LogP contribution in [0.25, 0.3) is 6.08 Å². The summed E-state index contributed by atoms with van der Waals surface area (Å²) in [4.78, 5) is 0. The first-order chi connectivity index (χ1) is 5.27. The van der Waals surface area contributed by atoms with Crippen molar-refractivity contribution in [3.05, 3.63) is 30.3 Å². The molecule has 0 saturated heterocycles. The van der Waals surface area contributed by atoms with Gasteiger partial charge in [0.25, 0.3) is 0 Å². The number of methoxy groups -OCH3 is 1. The first kappa shape index (κ1) is 7.93. The van der Waals surface area contributed by atoms with Gasteiger partial charge in [0.2, 0.25) is 0 Å². The monoisotopic (exact) mass is 144 g/mol. The summed E-state index contributed by atoms with van der Waals surface area (Å²) in [6, 6.07) is 5.47. The van der Waals surface area contributed by atoms with E-state index in [0.717, 1.165) is 16.8 Å². The highest BCUT2D eigenvalue weighted by molar-refractivity contribution is 6.34. The lowest BCUT2D eigenvalue weighted by molar-refractivity contribution is 0.415. The third-order valence-electron chi connectivity index (χ3n) is 1.51. The van der Waals surface area contributed by atoms with Crippen molar-refractivity contribution in [2.24, 2.45) is 0 Å². The molecule has 0 unspecified atom stereocenters. The SMILES string of the molecule is [B]c1ccc(OC)cc1C=C. The zero-order chi connectivity index (χ0) is 8.27. The molecule has 0 aliphatic rings. The van der Waals surface area contributed by atoms with Crippen molar-refractivity contribution in [1.29, 1.82) is 0 Å².